The minimum absolute atomic E-state index is 0.0215. The van der Waals surface area contributed by atoms with Crippen LogP contribution in [0.5, 0.6) is 11.5 Å². The molecule has 1 N–H and O–H groups in total. The molecule has 0 spiro atoms. The maximum Gasteiger partial charge on any atom is 0.573 e. The van der Waals surface area contributed by atoms with Crippen LogP contribution in [0, 0.1) is 0 Å². The maximum atomic E-state index is 13.4. The Morgan fingerprint density at radius 3 is 2.21 bits per heavy atom. The van der Waals surface area contributed by atoms with Gasteiger partial charge in [-0.05, 0) is 86.2 Å². The zero-order valence-corrected chi connectivity index (χ0v) is 23.2. The first kappa shape index (κ1) is 32.0. The van der Waals surface area contributed by atoms with E-state index in [0.29, 0.717) is 54.9 Å². The summed E-state index contributed by atoms with van der Waals surface area (Å²) in [6.45, 7) is 4.55. The van der Waals surface area contributed by atoms with Gasteiger partial charge in [0.05, 0.1) is 6.61 Å². The van der Waals surface area contributed by atoms with Crippen molar-refractivity contribution >= 4 is 18.0 Å². The van der Waals surface area contributed by atoms with E-state index in [1.807, 2.05) is 38.1 Å². The van der Waals surface area contributed by atoms with Gasteiger partial charge >= 0.3 is 18.5 Å². The van der Waals surface area contributed by atoms with Crippen molar-refractivity contribution in [1.29, 1.82) is 0 Å². The fraction of sp³-hybridized carbons (Fsp3) is 0.323. The van der Waals surface area contributed by atoms with Crippen LogP contribution in [0.15, 0.2) is 72.8 Å². The van der Waals surface area contributed by atoms with Crippen LogP contribution < -0.4 is 9.47 Å². The molecule has 11 heteroatoms. The van der Waals surface area contributed by atoms with Crippen LogP contribution in [-0.2, 0) is 16.1 Å². The third kappa shape index (κ3) is 10.5. The summed E-state index contributed by atoms with van der Waals surface area (Å²) in [6.07, 6.45) is -4.56. The summed E-state index contributed by atoms with van der Waals surface area (Å²) >= 11 is 0. The number of amides is 1. The van der Waals surface area contributed by atoms with Gasteiger partial charge in [0.15, 0.2) is 0 Å². The average molecular weight is 588 g/mol. The maximum absolute atomic E-state index is 13.4. The number of hydrogen-bond acceptors (Lipinski definition) is 6. The Morgan fingerprint density at radius 1 is 0.857 bits per heavy atom. The second kappa shape index (κ2) is 14.9. The summed E-state index contributed by atoms with van der Waals surface area (Å²) < 4.78 is 51.6. The molecule has 0 atom stereocenters. The smallest absolute Gasteiger partial charge is 0.494 e. The van der Waals surface area contributed by atoms with Crippen LogP contribution in [0.25, 0.3) is 11.1 Å². The van der Waals surface area contributed by atoms with E-state index in [-0.39, 0.29) is 24.1 Å². The molecule has 3 aromatic rings. The van der Waals surface area contributed by atoms with Gasteiger partial charge in [-0.25, -0.2) is 4.79 Å². The van der Waals surface area contributed by atoms with Gasteiger partial charge in [-0.2, -0.15) is 0 Å². The van der Waals surface area contributed by atoms with E-state index in [1.165, 1.54) is 18.2 Å². The molecule has 0 aliphatic heterocycles. The zero-order valence-electron chi connectivity index (χ0n) is 23.2. The molecule has 0 saturated carbocycles. The second-order valence-corrected chi connectivity index (χ2v) is 9.73. The first-order valence-corrected chi connectivity index (χ1v) is 13.3. The van der Waals surface area contributed by atoms with Gasteiger partial charge in [0.25, 0.3) is 5.91 Å². The lowest BCUT2D eigenvalue weighted by molar-refractivity contribution is -0.274. The molecule has 0 heterocycles. The third-order valence-corrected chi connectivity index (χ3v) is 6.16. The Morgan fingerprint density at radius 2 is 1.55 bits per heavy atom. The number of halogens is 3. The predicted molar refractivity (Wildman–Crippen MR) is 148 cm³/mol. The number of esters is 1. The van der Waals surface area contributed by atoms with Gasteiger partial charge < -0.3 is 24.2 Å². The fourth-order valence-corrected chi connectivity index (χ4v) is 4.15. The van der Waals surface area contributed by atoms with Gasteiger partial charge in [-0.3, -0.25) is 9.59 Å². The molecule has 0 fully saturated rings. The molecular formula is C31H32F3NO7. The summed E-state index contributed by atoms with van der Waals surface area (Å²) in [5, 5.41) is 8.41. The monoisotopic (exact) mass is 587 g/mol. The number of carboxylic acid groups (broad SMARTS) is 1. The number of nitrogens with zero attached hydrogens (tertiary/aromatic N) is 1. The van der Waals surface area contributed by atoms with Crippen molar-refractivity contribution in [2.45, 2.75) is 58.5 Å². The van der Waals surface area contributed by atoms with Crippen molar-refractivity contribution in [3.8, 4) is 22.6 Å². The van der Waals surface area contributed by atoms with E-state index < -0.39 is 18.5 Å². The van der Waals surface area contributed by atoms with E-state index in [0.717, 1.165) is 5.56 Å². The van der Waals surface area contributed by atoms with Crippen molar-refractivity contribution in [3.63, 3.8) is 0 Å². The first-order chi connectivity index (χ1) is 19.9. The van der Waals surface area contributed by atoms with Crippen LogP contribution in [-0.4, -0.2) is 47.0 Å². The molecule has 3 rings (SSSR count). The minimum atomic E-state index is -4.79. The molecule has 8 nitrogen and oxygen atoms in total. The number of benzene rings is 3. The Bertz CT molecular complexity index is 1360. The summed E-state index contributed by atoms with van der Waals surface area (Å²) in [4.78, 5) is 36.7. The van der Waals surface area contributed by atoms with E-state index in [2.05, 4.69) is 9.47 Å². The SMILES string of the molecule is CC(C)N(Cc1cccc(OCCCCCC(=O)OC(=O)O)c1)C(=O)c1ccc(-c2cccc(OC(F)(F)F)c2)cc1. The third-order valence-electron chi connectivity index (χ3n) is 6.16. The minimum Gasteiger partial charge on any atom is -0.494 e. The summed E-state index contributed by atoms with van der Waals surface area (Å²) in [5.74, 6) is -0.661. The van der Waals surface area contributed by atoms with Crippen molar-refractivity contribution in [2.24, 2.45) is 0 Å². The largest absolute Gasteiger partial charge is 0.573 e. The van der Waals surface area contributed by atoms with Gasteiger partial charge in [0, 0.05) is 24.6 Å². The van der Waals surface area contributed by atoms with E-state index >= 15 is 0 Å². The Hall–Kier alpha value is -4.54. The molecule has 224 valence electrons. The molecule has 0 aliphatic carbocycles. The molecule has 3 aromatic carbocycles. The average Bonchev–Trinajstić information content (AvgIpc) is 2.92. The molecule has 1 amide bonds. The Balaban J connectivity index is 1.58. The number of ether oxygens (including phenoxy) is 3. The molecule has 0 aliphatic rings. The fourth-order valence-electron chi connectivity index (χ4n) is 4.15. The predicted octanol–water partition coefficient (Wildman–Crippen LogP) is 7.46. The lowest BCUT2D eigenvalue weighted by Crippen LogP contribution is -2.36. The number of carbonyl (C=O) groups is 3. The summed E-state index contributed by atoms with van der Waals surface area (Å²) in [7, 11) is 0. The number of carbonyl (C=O) groups excluding carboxylic acids is 2. The highest BCUT2D eigenvalue weighted by atomic mass is 19.4. The van der Waals surface area contributed by atoms with E-state index in [4.69, 9.17) is 9.84 Å². The van der Waals surface area contributed by atoms with Crippen LogP contribution >= 0.6 is 0 Å². The quantitative estimate of drug-likeness (QED) is 0.126. The molecule has 0 unspecified atom stereocenters. The van der Waals surface area contributed by atoms with Crippen molar-refractivity contribution in [1.82, 2.24) is 4.90 Å². The van der Waals surface area contributed by atoms with Crippen molar-refractivity contribution in [3.05, 3.63) is 83.9 Å². The molecule has 0 aromatic heterocycles. The number of alkyl halides is 3. The highest BCUT2D eigenvalue weighted by Crippen LogP contribution is 2.28. The van der Waals surface area contributed by atoms with Crippen molar-refractivity contribution in [2.75, 3.05) is 6.61 Å². The van der Waals surface area contributed by atoms with Crippen molar-refractivity contribution < 1.29 is 46.9 Å². The normalized spacial score (nSPS) is 11.2. The zero-order chi connectivity index (χ0) is 30.7. The van der Waals surface area contributed by atoms with Gasteiger partial charge in [0.1, 0.15) is 11.5 Å². The molecule has 0 radical (unpaired) electrons. The van der Waals surface area contributed by atoms with Crippen LogP contribution in [0.4, 0.5) is 18.0 Å². The van der Waals surface area contributed by atoms with Crippen LogP contribution in [0.3, 0.4) is 0 Å². The standard InChI is InChI=1S/C31H32F3NO7/c1-21(2)35(20-22-8-6-10-26(18-22)40-17-5-3-4-12-28(36)41-30(38)39)29(37)24-15-13-23(14-16-24)25-9-7-11-27(19-25)42-31(32,33)34/h6-11,13-16,18-19,21H,3-5,12,17,20H2,1-2H3,(H,38,39). The number of hydrogen-bond donors (Lipinski definition) is 1. The molecule has 42 heavy (non-hydrogen) atoms. The number of unbranched alkanes of at least 4 members (excludes halogenated alkanes) is 2. The highest BCUT2D eigenvalue weighted by molar-refractivity contribution is 5.95. The Kier molecular flexibility index (Phi) is 11.3. The van der Waals surface area contributed by atoms with Gasteiger partial charge in [-0.15, -0.1) is 13.2 Å². The van der Waals surface area contributed by atoms with Crippen LogP contribution in [0.2, 0.25) is 0 Å². The highest BCUT2D eigenvalue weighted by Gasteiger charge is 2.31. The van der Waals surface area contributed by atoms with E-state index in [1.54, 1.807) is 35.2 Å². The van der Waals surface area contributed by atoms with Crippen LogP contribution in [0.1, 0.15) is 55.5 Å². The summed E-state index contributed by atoms with van der Waals surface area (Å²) in [5.41, 5.74) is 2.47. The first-order valence-electron chi connectivity index (χ1n) is 13.3. The second-order valence-electron chi connectivity index (χ2n) is 9.73. The van der Waals surface area contributed by atoms with Gasteiger partial charge in [0.2, 0.25) is 0 Å². The lowest BCUT2D eigenvalue weighted by atomic mass is 10.0. The molecule has 0 saturated heterocycles. The number of rotatable bonds is 13. The van der Waals surface area contributed by atoms with E-state index in [9.17, 15) is 27.6 Å². The molecule has 0 bridgehead atoms. The molecular weight excluding hydrogens is 555 g/mol. The lowest BCUT2D eigenvalue weighted by Gasteiger charge is -2.27. The Labute approximate surface area is 241 Å². The van der Waals surface area contributed by atoms with Gasteiger partial charge in [-0.1, -0.05) is 36.4 Å². The summed E-state index contributed by atoms with van der Waals surface area (Å²) in [6, 6.07) is 19.6. The topological polar surface area (TPSA) is 102 Å².